The van der Waals surface area contributed by atoms with Crippen molar-refractivity contribution in [3.63, 3.8) is 0 Å². The number of non-ortho nitro benzene ring substituents is 1. The van der Waals surface area contributed by atoms with Crippen LogP contribution < -0.4 is 0 Å². The predicted octanol–water partition coefficient (Wildman–Crippen LogP) is 1.92. The molecule has 0 saturated heterocycles. The molecule has 0 amide bonds. The van der Waals surface area contributed by atoms with Crippen molar-refractivity contribution in [3.05, 3.63) is 28.3 Å². The smallest absolute Gasteiger partial charge is 0.258 e. The van der Waals surface area contributed by atoms with E-state index in [0.29, 0.717) is 11.0 Å². The third-order valence-electron chi connectivity index (χ3n) is 2.06. The number of fused-ring (bicyclic) bond motifs is 1. The number of nitrogens with zero attached hydrogens (tertiary/aromatic N) is 4. The third-order valence-corrected chi connectivity index (χ3v) is 2.06. The van der Waals surface area contributed by atoms with Crippen LogP contribution in [0.5, 0.6) is 0 Å². The minimum absolute atomic E-state index is 0.000556. The van der Waals surface area contributed by atoms with Gasteiger partial charge < -0.3 is 0 Å². The summed E-state index contributed by atoms with van der Waals surface area (Å²) < 4.78 is 0. The molecule has 0 radical (unpaired) electrons. The highest BCUT2D eigenvalue weighted by Gasteiger charge is 2.16. The van der Waals surface area contributed by atoms with Gasteiger partial charge in [0.05, 0.1) is 11.0 Å². The van der Waals surface area contributed by atoms with Crippen molar-refractivity contribution in [2.75, 3.05) is 0 Å². The van der Waals surface area contributed by atoms with Gasteiger partial charge in [0.2, 0.25) is 0 Å². The van der Waals surface area contributed by atoms with Gasteiger partial charge in [-0.15, -0.1) is 5.10 Å². The molecular weight excluding hydrogens is 196 g/mol. The first-order valence-electron chi connectivity index (χ1n) is 4.59. The second-order valence-corrected chi connectivity index (χ2v) is 3.52. The Morgan fingerprint density at radius 3 is 2.73 bits per heavy atom. The Labute approximate surface area is 85.7 Å². The largest absolute Gasteiger partial charge is 0.299 e. The maximum atomic E-state index is 10.7. The number of aromatic nitrogens is 3. The van der Waals surface area contributed by atoms with Crippen LogP contribution in [0.15, 0.2) is 18.2 Å². The molecule has 2 aromatic rings. The van der Waals surface area contributed by atoms with Gasteiger partial charge in [-0.3, -0.25) is 10.1 Å². The van der Waals surface area contributed by atoms with E-state index in [1.165, 1.54) is 10.9 Å². The Hall–Kier alpha value is -1.98. The van der Waals surface area contributed by atoms with E-state index in [1.807, 2.05) is 13.8 Å². The first kappa shape index (κ1) is 9.57. The summed E-state index contributed by atoms with van der Waals surface area (Å²) in [6, 6.07) is 4.85. The lowest BCUT2D eigenvalue weighted by Crippen LogP contribution is -2.04. The summed E-state index contributed by atoms with van der Waals surface area (Å²) in [5.41, 5.74) is 0.897. The Morgan fingerprint density at radius 1 is 1.40 bits per heavy atom. The number of nitro groups is 1. The van der Waals surface area contributed by atoms with Crippen LogP contribution in [0.4, 0.5) is 5.69 Å². The molecule has 2 rings (SSSR count). The maximum absolute atomic E-state index is 10.7. The summed E-state index contributed by atoms with van der Waals surface area (Å²) in [7, 11) is 0. The standard InChI is InChI=1S/C9H10N4O2/c1-6(2)12-10-7-4-3-5-8(13(14)15)9(7)11-12/h3-6H,1-2H3. The van der Waals surface area contributed by atoms with Crippen molar-refractivity contribution >= 4 is 16.7 Å². The van der Waals surface area contributed by atoms with Gasteiger partial charge in [-0.2, -0.15) is 9.90 Å². The van der Waals surface area contributed by atoms with E-state index >= 15 is 0 Å². The van der Waals surface area contributed by atoms with Gasteiger partial charge in [-0.25, -0.2) is 0 Å². The fourth-order valence-corrected chi connectivity index (χ4v) is 1.32. The van der Waals surface area contributed by atoms with Gasteiger partial charge >= 0.3 is 0 Å². The number of nitro benzene ring substituents is 1. The number of hydrogen-bond acceptors (Lipinski definition) is 4. The zero-order chi connectivity index (χ0) is 11.0. The second-order valence-electron chi connectivity index (χ2n) is 3.52. The molecule has 15 heavy (non-hydrogen) atoms. The normalized spacial score (nSPS) is 11.1. The lowest BCUT2D eigenvalue weighted by molar-refractivity contribution is -0.383. The number of rotatable bonds is 2. The van der Waals surface area contributed by atoms with Crippen LogP contribution in [-0.2, 0) is 0 Å². The van der Waals surface area contributed by atoms with Crippen LogP contribution >= 0.6 is 0 Å². The van der Waals surface area contributed by atoms with E-state index in [1.54, 1.807) is 12.1 Å². The van der Waals surface area contributed by atoms with Crippen molar-refractivity contribution < 1.29 is 4.92 Å². The molecule has 0 fully saturated rings. The summed E-state index contributed by atoms with van der Waals surface area (Å²) in [4.78, 5) is 11.8. The third kappa shape index (κ3) is 1.54. The molecule has 0 N–H and O–H groups in total. The van der Waals surface area contributed by atoms with E-state index in [9.17, 15) is 10.1 Å². The van der Waals surface area contributed by atoms with E-state index in [-0.39, 0.29) is 11.7 Å². The quantitative estimate of drug-likeness (QED) is 0.555. The van der Waals surface area contributed by atoms with Crippen LogP contribution in [0.2, 0.25) is 0 Å². The van der Waals surface area contributed by atoms with Gasteiger partial charge in [0, 0.05) is 6.07 Å². The Morgan fingerprint density at radius 2 is 2.13 bits per heavy atom. The minimum atomic E-state index is -0.443. The zero-order valence-corrected chi connectivity index (χ0v) is 8.41. The molecule has 6 heteroatoms. The molecule has 0 aliphatic rings. The molecule has 0 spiro atoms. The molecule has 1 aromatic heterocycles. The first-order valence-corrected chi connectivity index (χ1v) is 4.59. The van der Waals surface area contributed by atoms with E-state index in [4.69, 9.17) is 0 Å². The van der Waals surface area contributed by atoms with Crippen molar-refractivity contribution in [2.45, 2.75) is 19.9 Å². The molecule has 0 aliphatic heterocycles. The molecule has 0 aliphatic carbocycles. The van der Waals surface area contributed by atoms with Crippen LogP contribution in [0.3, 0.4) is 0 Å². The molecule has 1 heterocycles. The van der Waals surface area contributed by atoms with E-state index in [0.717, 1.165) is 0 Å². The topological polar surface area (TPSA) is 73.8 Å². The predicted molar refractivity (Wildman–Crippen MR) is 54.6 cm³/mol. The van der Waals surface area contributed by atoms with Crippen molar-refractivity contribution in [3.8, 4) is 0 Å². The molecular formula is C9H10N4O2. The zero-order valence-electron chi connectivity index (χ0n) is 8.41. The first-order chi connectivity index (χ1) is 7.09. The fraction of sp³-hybridized carbons (Fsp3) is 0.333. The van der Waals surface area contributed by atoms with Gasteiger partial charge in [-0.05, 0) is 19.9 Å². The average Bonchev–Trinajstić information content (AvgIpc) is 2.60. The summed E-state index contributed by atoms with van der Waals surface area (Å²) in [5.74, 6) is 0. The van der Waals surface area contributed by atoms with Crippen molar-refractivity contribution in [1.29, 1.82) is 0 Å². The van der Waals surface area contributed by atoms with Crippen molar-refractivity contribution in [2.24, 2.45) is 0 Å². The van der Waals surface area contributed by atoms with Crippen molar-refractivity contribution in [1.82, 2.24) is 15.0 Å². The highest BCUT2D eigenvalue weighted by Crippen LogP contribution is 2.22. The monoisotopic (exact) mass is 206 g/mol. The lowest BCUT2D eigenvalue weighted by atomic mass is 10.3. The van der Waals surface area contributed by atoms with Crippen LogP contribution in [-0.4, -0.2) is 19.9 Å². The molecule has 0 unspecified atom stereocenters. The van der Waals surface area contributed by atoms with Gasteiger partial charge in [0.25, 0.3) is 5.69 Å². The fourth-order valence-electron chi connectivity index (χ4n) is 1.32. The molecule has 78 valence electrons. The molecule has 0 atom stereocenters. The highest BCUT2D eigenvalue weighted by atomic mass is 16.6. The molecule has 0 bridgehead atoms. The Bertz CT molecular complexity index is 518. The lowest BCUT2D eigenvalue weighted by Gasteiger charge is -1.99. The Balaban J connectivity index is 2.70. The van der Waals surface area contributed by atoms with Crippen LogP contribution in [0, 0.1) is 10.1 Å². The highest BCUT2D eigenvalue weighted by molar-refractivity contribution is 5.83. The maximum Gasteiger partial charge on any atom is 0.299 e. The van der Waals surface area contributed by atoms with Gasteiger partial charge in [-0.1, -0.05) is 6.07 Å². The SMILES string of the molecule is CC(C)n1nc2cccc([N+](=O)[O-])c2n1. The summed E-state index contributed by atoms with van der Waals surface area (Å²) in [5, 5.41) is 19.0. The second kappa shape index (κ2) is 3.30. The summed E-state index contributed by atoms with van der Waals surface area (Å²) in [6.45, 7) is 3.84. The summed E-state index contributed by atoms with van der Waals surface area (Å²) >= 11 is 0. The number of benzene rings is 1. The van der Waals surface area contributed by atoms with Gasteiger partial charge in [0.1, 0.15) is 5.52 Å². The Kier molecular flexibility index (Phi) is 2.11. The molecule has 1 aromatic carbocycles. The van der Waals surface area contributed by atoms with Crippen LogP contribution in [0.25, 0.3) is 11.0 Å². The minimum Gasteiger partial charge on any atom is -0.258 e. The van der Waals surface area contributed by atoms with E-state index < -0.39 is 4.92 Å². The average molecular weight is 206 g/mol. The summed E-state index contributed by atoms with van der Waals surface area (Å²) in [6.07, 6.45) is 0. The number of hydrogen-bond donors (Lipinski definition) is 0. The molecule has 6 nitrogen and oxygen atoms in total. The van der Waals surface area contributed by atoms with Crippen LogP contribution in [0.1, 0.15) is 19.9 Å². The van der Waals surface area contributed by atoms with Gasteiger partial charge in [0.15, 0.2) is 5.52 Å². The van der Waals surface area contributed by atoms with E-state index in [2.05, 4.69) is 10.2 Å². The molecule has 0 saturated carbocycles.